The fourth-order valence-corrected chi connectivity index (χ4v) is 3.28. The third kappa shape index (κ3) is 6.95. The molecule has 1 heterocycles. The van der Waals surface area contributed by atoms with Crippen LogP contribution in [-0.2, 0) is 16.0 Å². The minimum atomic E-state index is -0.614. The second-order valence-electron chi connectivity index (χ2n) is 10.4. The number of phenols is 3. The Labute approximate surface area is 203 Å². The van der Waals surface area contributed by atoms with Crippen molar-refractivity contribution in [3.8, 4) is 28.6 Å². The van der Waals surface area contributed by atoms with Crippen LogP contribution in [0, 0.1) is 5.41 Å². The fourth-order valence-electron chi connectivity index (χ4n) is 3.28. The van der Waals surface area contributed by atoms with Crippen molar-refractivity contribution >= 4 is 22.7 Å². The number of hydrogen-bond donors (Lipinski definition) is 5. The molecule has 2 aliphatic rings. The average Bonchev–Trinajstić information content (AvgIpc) is 2.74. The largest absolute Gasteiger partial charge is 0.504 e. The molecular weight excluding hydrogens is 452 g/mol. The van der Waals surface area contributed by atoms with Crippen molar-refractivity contribution in [2.24, 2.45) is 11.1 Å². The Balaban J connectivity index is 0.000000410. The van der Waals surface area contributed by atoms with Crippen LogP contribution in [0.25, 0.3) is 22.3 Å². The molecule has 0 unspecified atom stereocenters. The second kappa shape index (κ2) is 10.4. The van der Waals surface area contributed by atoms with Gasteiger partial charge in [0.1, 0.15) is 5.78 Å². The zero-order valence-corrected chi connectivity index (χ0v) is 21.0. The first-order chi connectivity index (χ1) is 16.0. The molecule has 1 amide bonds. The summed E-state index contributed by atoms with van der Waals surface area (Å²) < 4.78 is 5.54. The van der Waals surface area contributed by atoms with E-state index in [2.05, 4.69) is 5.32 Å². The molecule has 1 aliphatic carbocycles. The predicted octanol–water partition coefficient (Wildman–Crippen LogP) is 3.42. The number of phenolic OH excluding ortho intramolecular Hbond substituents is 3. The van der Waals surface area contributed by atoms with Gasteiger partial charge in [-0.05, 0) is 57.0 Å². The number of benzene rings is 2. The molecule has 1 aromatic rings. The van der Waals surface area contributed by atoms with Crippen LogP contribution in [0.15, 0.2) is 33.5 Å². The van der Waals surface area contributed by atoms with Gasteiger partial charge in [-0.3, -0.25) is 14.4 Å². The lowest BCUT2D eigenvalue weighted by Crippen LogP contribution is -2.41. The Bertz CT molecular complexity index is 1260. The number of hydrogen-bond acceptors (Lipinski definition) is 8. The monoisotopic (exact) mass is 486 g/mol. The predicted molar refractivity (Wildman–Crippen MR) is 134 cm³/mol. The van der Waals surface area contributed by atoms with E-state index in [1.807, 2.05) is 41.5 Å². The number of primary amides is 1. The van der Waals surface area contributed by atoms with Crippen LogP contribution < -0.4 is 16.5 Å². The summed E-state index contributed by atoms with van der Waals surface area (Å²) in [5.41, 5.74) is 4.87. The number of carbonyl (C=O) groups excluding carboxylic acids is 2. The van der Waals surface area contributed by atoms with Crippen LogP contribution in [0.3, 0.4) is 0 Å². The van der Waals surface area contributed by atoms with E-state index in [-0.39, 0.29) is 47.3 Å². The van der Waals surface area contributed by atoms with E-state index in [0.29, 0.717) is 22.9 Å². The molecule has 9 nitrogen and oxygen atoms in total. The maximum Gasteiger partial charge on any atom is 0.231 e. The molecule has 35 heavy (non-hydrogen) atoms. The van der Waals surface area contributed by atoms with Crippen LogP contribution in [0.1, 0.15) is 53.5 Å². The van der Waals surface area contributed by atoms with E-state index in [0.717, 1.165) is 0 Å². The van der Waals surface area contributed by atoms with Gasteiger partial charge in [-0.25, -0.2) is 0 Å². The van der Waals surface area contributed by atoms with Gasteiger partial charge in [0.25, 0.3) is 0 Å². The number of aryl methyl sites for hydroxylation is 1. The number of rotatable bonds is 5. The van der Waals surface area contributed by atoms with E-state index >= 15 is 0 Å². The van der Waals surface area contributed by atoms with Gasteiger partial charge < -0.3 is 30.8 Å². The van der Waals surface area contributed by atoms with Crippen LogP contribution in [0.2, 0.25) is 0 Å². The highest BCUT2D eigenvalue weighted by molar-refractivity contribution is 5.94. The number of ketones is 1. The van der Waals surface area contributed by atoms with Crippen LogP contribution >= 0.6 is 0 Å². The molecule has 0 radical (unpaired) electrons. The van der Waals surface area contributed by atoms with Gasteiger partial charge in [-0.15, -0.1) is 0 Å². The Morgan fingerprint density at radius 3 is 2.11 bits per heavy atom. The Morgan fingerprint density at radius 1 is 0.971 bits per heavy atom. The SMILES string of the molecule is CC(C)(C)C(=O)CCc1c2ccc(=O)c(O)c-2oc2c(O)c(O)ccc12.CC(C)(C)NCC(N)=O. The van der Waals surface area contributed by atoms with E-state index in [1.165, 1.54) is 18.2 Å². The highest BCUT2D eigenvalue weighted by Gasteiger charge is 2.25. The first-order valence-corrected chi connectivity index (χ1v) is 11.2. The van der Waals surface area contributed by atoms with Gasteiger partial charge in [-0.1, -0.05) is 20.8 Å². The molecule has 0 fully saturated rings. The molecule has 0 bridgehead atoms. The van der Waals surface area contributed by atoms with Crippen molar-refractivity contribution in [3.05, 3.63) is 40.1 Å². The van der Waals surface area contributed by atoms with Crippen molar-refractivity contribution < 1.29 is 29.3 Å². The van der Waals surface area contributed by atoms with Crippen LogP contribution in [0.5, 0.6) is 17.2 Å². The van der Waals surface area contributed by atoms with Crippen molar-refractivity contribution in [3.63, 3.8) is 0 Å². The van der Waals surface area contributed by atoms with E-state index in [4.69, 9.17) is 10.2 Å². The number of nitrogens with two attached hydrogens (primary N) is 1. The quantitative estimate of drug-likeness (QED) is 0.270. The smallest absolute Gasteiger partial charge is 0.231 e. The molecular formula is C26H34N2O7. The Kier molecular flexibility index (Phi) is 8.18. The molecule has 1 aliphatic heterocycles. The molecule has 0 spiro atoms. The summed E-state index contributed by atoms with van der Waals surface area (Å²) in [7, 11) is 0. The van der Waals surface area contributed by atoms with Gasteiger partial charge in [0, 0.05) is 28.3 Å². The zero-order valence-electron chi connectivity index (χ0n) is 21.0. The first kappa shape index (κ1) is 27.7. The molecule has 0 aromatic heterocycles. The second-order valence-corrected chi connectivity index (χ2v) is 10.4. The van der Waals surface area contributed by atoms with Gasteiger partial charge in [-0.2, -0.15) is 0 Å². The molecule has 9 heteroatoms. The summed E-state index contributed by atoms with van der Waals surface area (Å²) in [5, 5.41) is 33.4. The third-order valence-corrected chi connectivity index (χ3v) is 5.29. The molecule has 1 aromatic carbocycles. The highest BCUT2D eigenvalue weighted by Crippen LogP contribution is 2.43. The van der Waals surface area contributed by atoms with Crippen molar-refractivity contribution in [1.29, 1.82) is 0 Å². The zero-order chi connectivity index (χ0) is 26.7. The van der Waals surface area contributed by atoms with E-state index in [9.17, 15) is 29.7 Å². The first-order valence-electron chi connectivity index (χ1n) is 11.2. The lowest BCUT2D eigenvalue weighted by Gasteiger charge is -2.19. The van der Waals surface area contributed by atoms with Crippen molar-refractivity contribution in [2.75, 3.05) is 6.54 Å². The lowest BCUT2D eigenvalue weighted by atomic mass is 9.86. The molecule has 3 rings (SSSR count). The Morgan fingerprint density at radius 2 is 1.60 bits per heavy atom. The number of carbonyl (C=O) groups is 2. The lowest BCUT2D eigenvalue weighted by molar-refractivity contribution is -0.126. The van der Waals surface area contributed by atoms with Crippen molar-refractivity contribution in [1.82, 2.24) is 5.32 Å². The standard InChI is InChI=1S/C20H20O6.C6H14N2O/c1-20(2,3)15(23)9-6-10-11-4-7-13(21)16(24)18(11)26-19-12(10)5-8-14(22)17(19)25;1-6(2,3)8-4-5(7)9/h4-5,7-8,21,24-25H,6,9H2,1-3H3;8H,4H2,1-3H3,(H2,7,9). The number of aromatic hydroxyl groups is 3. The van der Waals surface area contributed by atoms with Gasteiger partial charge in [0.15, 0.2) is 17.1 Å². The molecule has 0 atom stereocenters. The van der Waals surface area contributed by atoms with Gasteiger partial charge in [0.2, 0.25) is 22.8 Å². The van der Waals surface area contributed by atoms with Crippen LogP contribution in [-0.4, -0.2) is 39.1 Å². The maximum atomic E-state index is 12.3. The summed E-state index contributed by atoms with van der Waals surface area (Å²) >= 11 is 0. The highest BCUT2D eigenvalue weighted by atomic mass is 16.4. The summed E-state index contributed by atoms with van der Waals surface area (Å²) in [5.74, 6) is -1.77. The molecule has 0 saturated carbocycles. The minimum absolute atomic E-state index is 0.0188. The minimum Gasteiger partial charge on any atom is -0.504 e. The molecule has 6 N–H and O–H groups in total. The van der Waals surface area contributed by atoms with E-state index in [1.54, 1.807) is 6.07 Å². The summed E-state index contributed by atoms with van der Waals surface area (Å²) in [6.07, 6.45) is 0.584. The summed E-state index contributed by atoms with van der Waals surface area (Å²) in [4.78, 5) is 34.3. The topological polar surface area (TPSA) is 163 Å². The summed E-state index contributed by atoms with van der Waals surface area (Å²) in [6.45, 7) is 11.7. The number of amides is 1. The average molecular weight is 487 g/mol. The van der Waals surface area contributed by atoms with Crippen molar-refractivity contribution in [2.45, 2.75) is 59.9 Å². The van der Waals surface area contributed by atoms with Crippen LogP contribution in [0.4, 0.5) is 0 Å². The normalized spacial score (nSPS) is 11.8. The summed E-state index contributed by atoms with van der Waals surface area (Å²) in [6, 6.07) is 5.66. The van der Waals surface area contributed by atoms with Gasteiger partial charge in [0.05, 0.1) is 6.54 Å². The number of nitrogens with one attached hydrogen (secondary N) is 1. The number of Topliss-reactive ketones (excluding diaryl/α,β-unsaturated/α-hetero) is 1. The fraction of sp³-hybridized carbons (Fsp3) is 0.423. The number of fused-ring (bicyclic) bond motifs is 2. The van der Waals surface area contributed by atoms with E-state index < -0.39 is 22.3 Å². The third-order valence-electron chi connectivity index (χ3n) is 5.29. The van der Waals surface area contributed by atoms with Gasteiger partial charge >= 0.3 is 0 Å². The molecule has 0 saturated heterocycles. The maximum absolute atomic E-state index is 12.3. The molecule has 190 valence electrons. The Hall–Kier alpha value is -3.59.